The van der Waals surface area contributed by atoms with E-state index in [0.29, 0.717) is 0 Å². The smallest absolute Gasteiger partial charge is 0.184 e. The first-order valence-electron chi connectivity index (χ1n) is 7.03. The number of hydrogen-bond acceptors (Lipinski definition) is 2. The summed E-state index contributed by atoms with van der Waals surface area (Å²) in [6.45, 7) is 6.65. The van der Waals surface area contributed by atoms with E-state index in [4.69, 9.17) is 9.16 Å². The van der Waals surface area contributed by atoms with Gasteiger partial charge in [0.15, 0.2) is 14.4 Å². The molecule has 0 amide bonds. The topological polar surface area (TPSA) is 18.5 Å². The fraction of sp³-hybridized carbons (Fsp3) is 0.294. The molecule has 1 unspecified atom stereocenters. The second-order valence-corrected chi connectivity index (χ2v) is 10.6. The summed E-state index contributed by atoms with van der Waals surface area (Å²) in [6.07, 6.45) is -0.0411. The van der Waals surface area contributed by atoms with E-state index in [0.717, 1.165) is 5.75 Å². The summed E-state index contributed by atoms with van der Waals surface area (Å²) in [6, 6.07) is 18.5. The number of fused-ring (bicyclic) bond motifs is 1. The third kappa shape index (κ3) is 2.64. The van der Waals surface area contributed by atoms with Crippen molar-refractivity contribution in [3.05, 3.63) is 65.7 Å². The average molecular weight is 284 g/mol. The van der Waals surface area contributed by atoms with Crippen molar-refractivity contribution >= 4 is 8.32 Å². The number of hydrogen-bond donors (Lipinski definition) is 0. The molecule has 20 heavy (non-hydrogen) atoms. The maximum Gasteiger partial charge on any atom is 0.184 e. The van der Waals surface area contributed by atoms with Crippen LogP contribution in [0, 0.1) is 0 Å². The zero-order chi connectivity index (χ0) is 14.2. The largest absolute Gasteiger partial charge is 0.482 e. The van der Waals surface area contributed by atoms with Gasteiger partial charge >= 0.3 is 0 Å². The monoisotopic (exact) mass is 284 g/mol. The predicted octanol–water partition coefficient (Wildman–Crippen LogP) is 4.71. The van der Waals surface area contributed by atoms with E-state index < -0.39 is 8.32 Å². The first kappa shape index (κ1) is 13.4. The van der Waals surface area contributed by atoms with Gasteiger partial charge in [-0.2, -0.15) is 0 Å². The highest BCUT2D eigenvalue weighted by atomic mass is 28.4. The van der Waals surface area contributed by atoms with Crippen LogP contribution in [0.25, 0.3) is 0 Å². The number of benzene rings is 2. The van der Waals surface area contributed by atoms with Gasteiger partial charge in [-0.3, -0.25) is 0 Å². The molecule has 104 valence electrons. The molecule has 1 aliphatic heterocycles. The molecule has 0 radical (unpaired) electrons. The molecule has 3 heteroatoms. The highest BCUT2D eigenvalue weighted by molar-refractivity contribution is 6.69. The molecule has 2 aromatic rings. The van der Waals surface area contributed by atoms with Crippen LogP contribution in [0.3, 0.4) is 0 Å². The zero-order valence-electron chi connectivity index (χ0n) is 12.2. The fourth-order valence-corrected chi connectivity index (χ4v) is 3.59. The Morgan fingerprint density at radius 3 is 2.25 bits per heavy atom. The standard InChI is InChI=1S/C17H20O2Si/c1-20(2,3)19-17-14-11-7-8-12-15(14)18-16(17)13-9-5-4-6-10-13/h4-12,16-17H,1-3H3/t16-,17?/m0/s1. The van der Waals surface area contributed by atoms with Crippen LogP contribution >= 0.6 is 0 Å². The summed E-state index contributed by atoms with van der Waals surface area (Å²) in [5.41, 5.74) is 2.34. The van der Waals surface area contributed by atoms with Crippen LogP contribution in [0.15, 0.2) is 54.6 Å². The molecule has 0 aliphatic carbocycles. The maximum absolute atomic E-state index is 6.41. The second kappa shape index (κ2) is 5.07. The molecule has 1 aliphatic rings. The van der Waals surface area contributed by atoms with Crippen LogP contribution < -0.4 is 4.74 Å². The molecule has 0 N–H and O–H groups in total. The molecule has 2 nitrogen and oxygen atoms in total. The quantitative estimate of drug-likeness (QED) is 0.760. The third-order valence-corrected chi connectivity index (χ3v) is 4.32. The van der Waals surface area contributed by atoms with Gasteiger partial charge in [0.25, 0.3) is 0 Å². The molecule has 0 fully saturated rings. The van der Waals surface area contributed by atoms with Crippen molar-refractivity contribution in [3.63, 3.8) is 0 Å². The molecule has 0 spiro atoms. The van der Waals surface area contributed by atoms with Crippen LogP contribution in [0.1, 0.15) is 23.3 Å². The van der Waals surface area contributed by atoms with E-state index in [-0.39, 0.29) is 12.2 Å². The summed E-state index contributed by atoms with van der Waals surface area (Å²) in [5.74, 6) is 0.949. The summed E-state index contributed by atoms with van der Waals surface area (Å²) >= 11 is 0. The summed E-state index contributed by atoms with van der Waals surface area (Å²) in [7, 11) is -1.65. The first-order chi connectivity index (χ1) is 9.54. The summed E-state index contributed by atoms with van der Waals surface area (Å²) < 4.78 is 12.6. The molecule has 0 aromatic heterocycles. The average Bonchev–Trinajstić information content (AvgIpc) is 2.77. The van der Waals surface area contributed by atoms with Crippen molar-refractivity contribution in [1.29, 1.82) is 0 Å². The predicted molar refractivity (Wildman–Crippen MR) is 83.4 cm³/mol. The van der Waals surface area contributed by atoms with Gasteiger partial charge in [-0.1, -0.05) is 48.5 Å². The van der Waals surface area contributed by atoms with Gasteiger partial charge in [0.2, 0.25) is 0 Å². The Morgan fingerprint density at radius 1 is 0.900 bits per heavy atom. The molecule has 0 saturated carbocycles. The van der Waals surface area contributed by atoms with Crippen molar-refractivity contribution in [2.24, 2.45) is 0 Å². The van der Waals surface area contributed by atoms with Crippen LogP contribution in [0.5, 0.6) is 5.75 Å². The number of para-hydroxylation sites is 1. The van der Waals surface area contributed by atoms with E-state index in [9.17, 15) is 0 Å². The molecule has 3 rings (SSSR count). The molecule has 0 bridgehead atoms. The Kier molecular flexibility index (Phi) is 3.40. The Bertz CT molecular complexity index is 589. The normalized spacial score (nSPS) is 21.4. The highest BCUT2D eigenvalue weighted by Gasteiger charge is 2.38. The van der Waals surface area contributed by atoms with Crippen LogP contribution in [-0.4, -0.2) is 8.32 Å². The lowest BCUT2D eigenvalue weighted by Crippen LogP contribution is -2.29. The van der Waals surface area contributed by atoms with Gasteiger partial charge in [-0.05, 0) is 31.3 Å². The van der Waals surface area contributed by atoms with Crippen molar-refractivity contribution in [1.82, 2.24) is 0 Å². The van der Waals surface area contributed by atoms with Crippen molar-refractivity contribution in [2.45, 2.75) is 31.8 Å². The van der Waals surface area contributed by atoms with Gasteiger partial charge in [0, 0.05) is 5.56 Å². The zero-order valence-corrected chi connectivity index (χ0v) is 13.2. The minimum atomic E-state index is -1.65. The van der Waals surface area contributed by atoms with E-state index >= 15 is 0 Å². The Hall–Kier alpha value is -1.58. The van der Waals surface area contributed by atoms with Crippen LogP contribution in [-0.2, 0) is 4.43 Å². The van der Waals surface area contributed by atoms with E-state index in [1.165, 1.54) is 11.1 Å². The lowest BCUT2D eigenvalue weighted by atomic mass is 10.0. The van der Waals surface area contributed by atoms with Gasteiger partial charge < -0.3 is 9.16 Å². The van der Waals surface area contributed by atoms with Gasteiger partial charge in [0.05, 0.1) is 0 Å². The lowest BCUT2D eigenvalue weighted by molar-refractivity contribution is 0.0809. The second-order valence-electron chi connectivity index (χ2n) is 6.14. The fourth-order valence-electron chi connectivity index (χ4n) is 2.58. The Morgan fingerprint density at radius 2 is 1.55 bits per heavy atom. The molecular formula is C17H20O2Si. The van der Waals surface area contributed by atoms with Crippen molar-refractivity contribution in [2.75, 3.05) is 0 Å². The number of rotatable bonds is 3. The summed E-state index contributed by atoms with van der Waals surface area (Å²) in [4.78, 5) is 0. The highest BCUT2D eigenvalue weighted by Crippen LogP contribution is 2.47. The Labute approximate surface area is 121 Å². The SMILES string of the molecule is C[Si](C)(C)OC1c2ccccc2O[C@H]1c1ccccc1. The van der Waals surface area contributed by atoms with Gasteiger partial charge in [-0.15, -0.1) is 0 Å². The first-order valence-corrected chi connectivity index (χ1v) is 10.4. The molecule has 0 saturated heterocycles. The maximum atomic E-state index is 6.41. The van der Waals surface area contributed by atoms with E-state index in [1.807, 2.05) is 30.3 Å². The minimum absolute atomic E-state index is 0.000247. The minimum Gasteiger partial charge on any atom is -0.482 e. The molecular weight excluding hydrogens is 264 g/mol. The van der Waals surface area contributed by atoms with Crippen LogP contribution in [0.4, 0.5) is 0 Å². The van der Waals surface area contributed by atoms with Crippen molar-refractivity contribution < 1.29 is 9.16 Å². The molecule has 1 heterocycles. The third-order valence-electron chi connectivity index (χ3n) is 3.36. The van der Waals surface area contributed by atoms with Crippen molar-refractivity contribution in [3.8, 4) is 5.75 Å². The van der Waals surface area contributed by atoms with Gasteiger partial charge in [0.1, 0.15) is 11.9 Å². The van der Waals surface area contributed by atoms with Gasteiger partial charge in [-0.25, -0.2) is 0 Å². The molecule has 2 aromatic carbocycles. The molecule has 2 atom stereocenters. The van der Waals surface area contributed by atoms with E-state index in [1.54, 1.807) is 0 Å². The van der Waals surface area contributed by atoms with Crippen LogP contribution in [0.2, 0.25) is 19.6 Å². The lowest BCUT2D eigenvalue weighted by Gasteiger charge is -2.27. The Balaban J connectivity index is 1.99. The summed E-state index contributed by atoms with van der Waals surface area (Å²) in [5, 5.41) is 0. The van der Waals surface area contributed by atoms with E-state index in [2.05, 4.69) is 43.9 Å². The number of ether oxygens (including phenoxy) is 1.